The molecule has 1 saturated carbocycles. The molecule has 1 aromatic carbocycles. The summed E-state index contributed by atoms with van der Waals surface area (Å²) in [4.78, 5) is 36.3. The smallest absolute Gasteiger partial charge is 0.308 e. The van der Waals surface area contributed by atoms with Gasteiger partial charge in [0.2, 0.25) is 5.91 Å². The molecule has 3 unspecified atom stereocenters. The van der Waals surface area contributed by atoms with Crippen LogP contribution in [0.3, 0.4) is 0 Å². The van der Waals surface area contributed by atoms with Crippen molar-refractivity contribution in [2.24, 2.45) is 17.8 Å². The van der Waals surface area contributed by atoms with Crippen molar-refractivity contribution >= 4 is 23.5 Å². The number of hydrogen-bond donors (Lipinski definition) is 2. The van der Waals surface area contributed by atoms with Crippen molar-refractivity contribution in [1.82, 2.24) is 4.90 Å². The molecular formula is C17H22N2O4. The molecule has 0 spiro atoms. The van der Waals surface area contributed by atoms with Gasteiger partial charge in [-0.15, -0.1) is 0 Å². The molecule has 1 aliphatic carbocycles. The van der Waals surface area contributed by atoms with Gasteiger partial charge in [-0.25, -0.2) is 0 Å². The van der Waals surface area contributed by atoms with E-state index in [2.05, 4.69) is 5.32 Å². The van der Waals surface area contributed by atoms with Crippen LogP contribution in [-0.2, 0) is 9.59 Å². The molecule has 6 nitrogen and oxygen atoms in total. The van der Waals surface area contributed by atoms with Gasteiger partial charge in [-0.05, 0) is 36.6 Å². The van der Waals surface area contributed by atoms with Crippen LogP contribution in [0.2, 0.25) is 0 Å². The molecule has 23 heavy (non-hydrogen) atoms. The molecule has 124 valence electrons. The molecule has 0 radical (unpaired) electrons. The number of carbonyl (C=O) groups is 3. The monoisotopic (exact) mass is 318 g/mol. The van der Waals surface area contributed by atoms with Crippen LogP contribution in [-0.4, -0.2) is 41.4 Å². The van der Waals surface area contributed by atoms with Gasteiger partial charge in [0.1, 0.15) is 0 Å². The second-order valence-corrected chi connectivity index (χ2v) is 6.31. The molecule has 0 bridgehead atoms. The summed E-state index contributed by atoms with van der Waals surface area (Å²) in [6.07, 6.45) is 0.926. The lowest BCUT2D eigenvalue weighted by Gasteiger charge is -2.19. The Balaban J connectivity index is 1.94. The summed E-state index contributed by atoms with van der Waals surface area (Å²) in [6.45, 7) is 3.75. The minimum Gasteiger partial charge on any atom is -0.481 e. The lowest BCUT2D eigenvalue weighted by Crippen LogP contribution is -2.33. The third-order valence-electron chi connectivity index (χ3n) is 4.16. The van der Waals surface area contributed by atoms with Crippen molar-refractivity contribution in [3.63, 3.8) is 0 Å². The van der Waals surface area contributed by atoms with Crippen LogP contribution in [0.4, 0.5) is 5.69 Å². The number of nitrogens with one attached hydrogen (secondary N) is 1. The van der Waals surface area contributed by atoms with Gasteiger partial charge in [0.15, 0.2) is 0 Å². The first kappa shape index (κ1) is 17.0. The first-order valence-corrected chi connectivity index (χ1v) is 7.68. The maximum atomic E-state index is 12.2. The predicted molar refractivity (Wildman–Crippen MR) is 86.1 cm³/mol. The Morgan fingerprint density at radius 2 is 1.87 bits per heavy atom. The average molecular weight is 318 g/mol. The summed E-state index contributed by atoms with van der Waals surface area (Å²) < 4.78 is 0. The van der Waals surface area contributed by atoms with Gasteiger partial charge in [0.25, 0.3) is 5.91 Å². The molecule has 2 rings (SSSR count). The fourth-order valence-corrected chi connectivity index (χ4v) is 2.41. The number of benzene rings is 1. The molecule has 1 aliphatic rings. The number of nitrogens with zero attached hydrogens (tertiary/aromatic N) is 1. The maximum Gasteiger partial charge on any atom is 0.308 e. The van der Waals surface area contributed by atoms with Crippen LogP contribution in [0.15, 0.2) is 24.3 Å². The number of hydrogen-bond acceptors (Lipinski definition) is 3. The van der Waals surface area contributed by atoms with Crippen molar-refractivity contribution in [2.75, 3.05) is 18.9 Å². The Morgan fingerprint density at radius 1 is 1.30 bits per heavy atom. The Bertz CT molecular complexity index is 612. The molecule has 2 amide bonds. The van der Waals surface area contributed by atoms with Crippen LogP contribution in [0, 0.1) is 17.8 Å². The van der Waals surface area contributed by atoms with Gasteiger partial charge in [-0.2, -0.15) is 0 Å². The van der Waals surface area contributed by atoms with Gasteiger partial charge in [0, 0.05) is 30.8 Å². The first-order chi connectivity index (χ1) is 10.8. The van der Waals surface area contributed by atoms with Gasteiger partial charge in [-0.3, -0.25) is 14.4 Å². The third-order valence-corrected chi connectivity index (χ3v) is 4.16. The van der Waals surface area contributed by atoms with E-state index in [9.17, 15) is 14.4 Å². The molecule has 3 atom stereocenters. The summed E-state index contributed by atoms with van der Waals surface area (Å²) >= 11 is 0. The molecular weight excluding hydrogens is 296 g/mol. The van der Waals surface area contributed by atoms with Crippen LogP contribution in [0.25, 0.3) is 0 Å². The zero-order valence-electron chi connectivity index (χ0n) is 13.6. The van der Waals surface area contributed by atoms with Gasteiger partial charge in [-0.1, -0.05) is 13.8 Å². The summed E-state index contributed by atoms with van der Waals surface area (Å²) in [6, 6.07) is 6.64. The number of carboxylic acid groups (broad SMARTS) is 1. The molecule has 1 aromatic rings. The van der Waals surface area contributed by atoms with Crippen molar-refractivity contribution < 1.29 is 19.5 Å². The quantitative estimate of drug-likeness (QED) is 0.840. The summed E-state index contributed by atoms with van der Waals surface area (Å²) in [5.74, 6) is -1.24. The summed E-state index contributed by atoms with van der Waals surface area (Å²) in [5.41, 5.74) is 1.12. The Labute approximate surface area is 135 Å². The molecule has 0 aliphatic heterocycles. The zero-order chi connectivity index (χ0) is 17.1. The number of aliphatic carboxylic acids is 1. The van der Waals surface area contributed by atoms with E-state index >= 15 is 0 Å². The summed E-state index contributed by atoms with van der Waals surface area (Å²) in [5, 5.41) is 11.7. The molecule has 0 aromatic heterocycles. The van der Waals surface area contributed by atoms with Crippen molar-refractivity contribution in [3.8, 4) is 0 Å². The van der Waals surface area contributed by atoms with Crippen molar-refractivity contribution in [2.45, 2.75) is 20.3 Å². The van der Waals surface area contributed by atoms with Crippen LogP contribution in [0.5, 0.6) is 0 Å². The van der Waals surface area contributed by atoms with E-state index in [1.165, 1.54) is 4.90 Å². The standard InChI is InChI=1S/C17H22N2O4/c1-10-8-14(10)15(20)18-13-6-4-12(5-7-13)16(21)19(3)9-11(2)17(22)23/h4-7,10-11,14H,8-9H2,1-3H3,(H,18,20)(H,22,23). The molecule has 0 saturated heterocycles. The largest absolute Gasteiger partial charge is 0.481 e. The van der Waals surface area contributed by atoms with Crippen molar-refractivity contribution in [3.05, 3.63) is 29.8 Å². The van der Waals surface area contributed by atoms with Crippen LogP contribution >= 0.6 is 0 Å². The topological polar surface area (TPSA) is 86.7 Å². The highest BCUT2D eigenvalue weighted by Gasteiger charge is 2.39. The number of carbonyl (C=O) groups excluding carboxylic acids is 2. The first-order valence-electron chi connectivity index (χ1n) is 7.68. The third kappa shape index (κ3) is 4.31. The summed E-state index contributed by atoms with van der Waals surface area (Å²) in [7, 11) is 1.58. The maximum absolute atomic E-state index is 12.2. The second-order valence-electron chi connectivity index (χ2n) is 6.31. The zero-order valence-corrected chi connectivity index (χ0v) is 13.6. The fraction of sp³-hybridized carbons (Fsp3) is 0.471. The lowest BCUT2D eigenvalue weighted by molar-refractivity contribution is -0.141. The van der Waals surface area contributed by atoms with E-state index in [-0.39, 0.29) is 24.3 Å². The fourth-order valence-electron chi connectivity index (χ4n) is 2.41. The van der Waals surface area contributed by atoms with E-state index < -0.39 is 11.9 Å². The van der Waals surface area contributed by atoms with Gasteiger partial charge >= 0.3 is 5.97 Å². The highest BCUT2D eigenvalue weighted by molar-refractivity contribution is 5.97. The van der Waals surface area contributed by atoms with E-state index in [4.69, 9.17) is 5.11 Å². The second kappa shape index (κ2) is 6.81. The number of rotatable bonds is 6. The SMILES string of the molecule is CC(CN(C)C(=O)c1ccc(NC(=O)C2CC2C)cc1)C(=O)O. The molecule has 2 N–H and O–H groups in total. The highest BCUT2D eigenvalue weighted by Crippen LogP contribution is 2.38. The van der Waals surface area contributed by atoms with Gasteiger partial charge < -0.3 is 15.3 Å². The Morgan fingerprint density at radius 3 is 2.35 bits per heavy atom. The van der Waals surface area contributed by atoms with Gasteiger partial charge in [0.05, 0.1) is 5.92 Å². The lowest BCUT2D eigenvalue weighted by atomic mass is 10.1. The van der Waals surface area contributed by atoms with E-state index in [1.807, 2.05) is 6.92 Å². The minimum absolute atomic E-state index is 0.0176. The normalized spacial score (nSPS) is 20.5. The van der Waals surface area contributed by atoms with E-state index in [0.29, 0.717) is 17.2 Å². The number of carboxylic acids is 1. The average Bonchev–Trinajstić information content (AvgIpc) is 3.24. The highest BCUT2D eigenvalue weighted by atomic mass is 16.4. The molecule has 1 fully saturated rings. The van der Waals surface area contributed by atoms with Crippen LogP contribution in [0.1, 0.15) is 30.6 Å². The van der Waals surface area contributed by atoms with E-state index in [1.54, 1.807) is 38.2 Å². The number of anilines is 1. The Hall–Kier alpha value is -2.37. The number of amides is 2. The molecule has 6 heteroatoms. The van der Waals surface area contributed by atoms with E-state index in [0.717, 1.165) is 6.42 Å². The van der Waals surface area contributed by atoms with Crippen LogP contribution < -0.4 is 5.32 Å². The Kier molecular flexibility index (Phi) is 5.03. The molecule has 0 heterocycles. The predicted octanol–water partition coefficient (Wildman–Crippen LogP) is 2.07. The minimum atomic E-state index is -0.933. The van der Waals surface area contributed by atoms with Crippen molar-refractivity contribution in [1.29, 1.82) is 0 Å².